The molecule has 1 aromatic carbocycles. The zero-order valence-electron chi connectivity index (χ0n) is 16.6. The largest absolute Gasteiger partial charge is 0.382 e. The summed E-state index contributed by atoms with van der Waals surface area (Å²) in [6, 6.07) is 12.7. The smallest absolute Gasteiger partial charge is 0.262 e. The second-order valence-electron chi connectivity index (χ2n) is 7.53. The Bertz CT molecular complexity index is 1340. The number of aromatic nitrogens is 4. The standard InChI is InChI=1S/C21H17BN6O3/c1-28-8-7-21(30,19(28)29)16-10-15(27-31-16)12-4-2-3-11(9-12)13-5-6-14-17(24-13)18(23)26-20(22)25-14/h2-6,9-10,30H,7-8H2,1H3,(H2,23,25,26). The molecule has 3 N–H and O–H groups in total. The SMILES string of the molecule is [B]c1nc(N)c2nc(-c3cccc(-c4cc(C5(O)CCN(C)C5=O)on4)c3)ccc2n1. The third-order valence-electron chi connectivity index (χ3n) is 5.47. The van der Waals surface area contributed by atoms with E-state index in [-0.39, 0.29) is 23.7 Å². The molecule has 0 saturated carbocycles. The number of benzene rings is 1. The van der Waals surface area contributed by atoms with Crippen LogP contribution < -0.4 is 11.5 Å². The third kappa shape index (κ3) is 3.12. The first kappa shape index (κ1) is 19.2. The average Bonchev–Trinajstić information content (AvgIpc) is 3.36. The number of anilines is 1. The van der Waals surface area contributed by atoms with Gasteiger partial charge in [-0.1, -0.05) is 23.4 Å². The summed E-state index contributed by atoms with van der Waals surface area (Å²) in [6.45, 7) is 0.451. The highest BCUT2D eigenvalue weighted by atomic mass is 16.5. The van der Waals surface area contributed by atoms with Gasteiger partial charge in [-0.3, -0.25) is 4.79 Å². The molecular weight excluding hydrogens is 395 g/mol. The Labute approximate surface area is 178 Å². The van der Waals surface area contributed by atoms with Crippen molar-refractivity contribution in [1.82, 2.24) is 25.0 Å². The number of hydrogen-bond donors (Lipinski definition) is 2. The number of aliphatic hydroxyl groups is 1. The minimum Gasteiger partial charge on any atom is -0.382 e. The monoisotopic (exact) mass is 412 g/mol. The maximum Gasteiger partial charge on any atom is 0.262 e. The van der Waals surface area contributed by atoms with Gasteiger partial charge >= 0.3 is 0 Å². The van der Waals surface area contributed by atoms with Gasteiger partial charge in [0.05, 0.1) is 16.9 Å². The fraction of sp³-hybridized carbons (Fsp3) is 0.190. The number of carbonyl (C=O) groups excluding carboxylic acids is 1. The van der Waals surface area contributed by atoms with Crippen LogP contribution in [0.1, 0.15) is 12.2 Å². The second-order valence-corrected chi connectivity index (χ2v) is 7.53. The van der Waals surface area contributed by atoms with Crippen LogP contribution in [-0.2, 0) is 10.4 Å². The van der Waals surface area contributed by atoms with Gasteiger partial charge in [-0.05, 0) is 18.2 Å². The molecule has 31 heavy (non-hydrogen) atoms. The Balaban J connectivity index is 1.51. The number of likely N-dealkylation sites (tertiary alicyclic amines) is 1. The molecule has 3 aromatic heterocycles. The van der Waals surface area contributed by atoms with E-state index < -0.39 is 11.5 Å². The van der Waals surface area contributed by atoms with E-state index in [0.717, 1.165) is 11.1 Å². The summed E-state index contributed by atoms with van der Waals surface area (Å²) in [5, 5.41) is 14.8. The highest BCUT2D eigenvalue weighted by molar-refractivity contribution is 6.29. The maximum absolute atomic E-state index is 12.3. The zero-order valence-corrected chi connectivity index (χ0v) is 16.6. The van der Waals surface area contributed by atoms with Crippen LogP contribution in [0.3, 0.4) is 0 Å². The fourth-order valence-electron chi connectivity index (χ4n) is 3.74. The van der Waals surface area contributed by atoms with E-state index in [0.29, 0.717) is 29.0 Å². The quantitative estimate of drug-likeness (QED) is 0.472. The van der Waals surface area contributed by atoms with Gasteiger partial charge in [0.1, 0.15) is 11.2 Å². The normalized spacial score (nSPS) is 18.8. The minimum atomic E-state index is -1.68. The van der Waals surface area contributed by atoms with Crippen LogP contribution in [0.25, 0.3) is 33.5 Å². The Morgan fingerprint density at radius 3 is 2.65 bits per heavy atom. The molecule has 0 aliphatic carbocycles. The van der Waals surface area contributed by atoms with E-state index in [9.17, 15) is 9.90 Å². The van der Waals surface area contributed by atoms with Crippen molar-refractivity contribution in [3.63, 3.8) is 0 Å². The molecule has 2 radical (unpaired) electrons. The van der Waals surface area contributed by atoms with E-state index in [2.05, 4.69) is 20.1 Å². The molecule has 0 spiro atoms. The van der Waals surface area contributed by atoms with Crippen molar-refractivity contribution in [3.8, 4) is 22.5 Å². The van der Waals surface area contributed by atoms with Crippen LogP contribution in [0.5, 0.6) is 0 Å². The maximum atomic E-state index is 12.3. The third-order valence-corrected chi connectivity index (χ3v) is 5.47. The number of nitrogen functional groups attached to an aromatic ring is 1. The molecule has 1 fully saturated rings. The van der Waals surface area contributed by atoms with E-state index in [1.54, 1.807) is 19.2 Å². The summed E-state index contributed by atoms with van der Waals surface area (Å²) in [4.78, 5) is 26.5. The molecule has 4 heterocycles. The van der Waals surface area contributed by atoms with Crippen molar-refractivity contribution >= 4 is 36.3 Å². The predicted molar refractivity (Wildman–Crippen MR) is 114 cm³/mol. The zero-order chi connectivity index (χ0) is 21.8. The number of carbonyl (C=O) groups is 1. The first-order chi connectivity index (χ1) is 14.8. The molecule has 1 aliphatic heterocycles. The molecule has 0 bridgehead atoms. The molecule has 1 unspecified atom stereocenters. The van der Waals surface area contributed by atoms with Gasteiger partial charge in [0.15, 0.2) is 19.4 Å². The number of rotatable bonds is 3. The van der Waals surface area contributed by atoms with Gasteiger partial charge in [0, 0.05) is 37.2 Å². The van der Waals surface area contributed by atoms with Crippen molar-refractivity contribution < 1.29 is 14.4 Å². The lowest BCUT2D eigenvalue weighted by molar-refractivity contribution is -0.144. The molecule has 10 heteroatoms. The van der Waals surface area contributed by atoms with Gasteiger partial charge in [-0.15, -0.1) is 0 Å². The summed E-state index contributed by atoms with van der Waals surface area (Å²) in [5.74, 6) is -0.0561. The fourth-order valence-corrected chi connectivity index (χ4v) is 3.74. The predicted octanol–water partition coefficient (Wildman–Crippen LogP) is 0.772. The lowest BCUT2D eigenvalue weighted by Crippen LogP contribution is -2.35. The summed E-state index contributed by atoms with van der Waals surface area (Å²) < 4.78 is 5.35. The van der Waals surface area contributed by atoms with Crippen molar-refractivity contribution in [1.29, 1.82) is 0 Å². The molecule has 1 atom stereocenters. The summed E-state index contributed by atoms with van der Waals surface area (Å²) in [5.41, 5.74) is 8.12. The molecule has 1 aliphatic rings. The molecule has 5 rings (SSSR count). The summed E-state index contributed by atoms with van der Waals surface area (Å²) in [6.07, 6.45) is 0.256. The van der Waals surface area contributed by atoms with Crippen LogP contribution in [0, 0.1) is 0 Å². The van der Waals surface area contributed by atoms with Crippen molar-refractivity contribution in [2.75, 3.05) is 19.3 Å². The lowest BCUT2D eigenvalue weighted by atomic mass is 9.97. The Hall–Kier alpha value is -3.79. The lowest BCUT2D eigenvalue weighted by Gasteiger charge is -2.16. The van der Waals surface area contributed by atoms with Crippen LogP contribution in [0.2, 0.25) is 0 Å². The topological polar surface area (TPSA) is 131 Å². The first-order valence-corrected chi connectivity index (χ1v) is 9.61. The van der Waals surface area contributed by atoms with Crippen LogP contribution in [0.15, 0.2) is 47.0 Å². The molecule has 4 aromatic rings. The van der Waals surface area contributed by atoms with E-state index in [1.165, 1.54) is 4.90 Å². The average molecular weight is 412 g/mol. The Morgan fingerprint density at radius 2 is 1.90 bits per heavy atom. The first-order valence-electron chi connectivity index (χ1n) is 9.61. The summed E-state index contributed by atoms with van der Waals surface area (Å²) in [7, 11) is 7.29. The van der Waals surface area contributed by atoms with E-state index in [1.807, 2.05) is 30.3 Å². The number of nitrogens with two attached hydrogens (primary N) is 1. The number of likely N-dealkylation sites (N-methyl/N-ethyl adjacent to an activating group) is 1. The second kappa shape index (κ2) is 6.88. The van der Waals surface area contributed by atoms with Crippen LogP contribution in [-0.4, -0.2) is 57.5 Å². The minimum absolute atomic E-state index is 0.0944. The van der Waals surface area contributed by atoms with E-state index >= 15 is 0 Å². The number of hydrogen-bond acceptors (Lipinski definition) is 8. The van der Waals surface area contributed by atoms with Crippen molar-refractivity contribution in [3.05, 3.63) is 48.2 Å². The Morgan fingerprint density at radius 1 is 1.13 bits per heavy atom. The van der Waals surface area contributed by atoms with Gasteiger partial charge in [0.25, 0.3) is 5.91 Å². The van der Waals surface area contributed by atoms with Crippen molar-refractivity contribution in [2.24, 2.45) is 0 Å². The van der Waals surface area contributed by atoms with E-state index in [4.69, 9.17) is 18.1 Å². The number of pyridine rings is 1. The van der Waals surface area contributed by atoms with Crippen molar-refractivity contribution in [2.45, 2.75) is 12.0 Å². The molecule has 1 saturated heterocycles. The molecule has 1 amide bonds. The Kier molecular flexibility index (Phi) is 4.26. The molecule has 152 valence electrons. The van der Waals surface area contributed by atoms with Gasteiger partial charge in [-0.2, -0.15) is 0 Å². The summed E-state index contributed by atoms with van der Waals surface area (Å²) >= 11 is 0. The number of nitrogens with zero attached hydrogens (tertiary/aromatic N) is 5. The number of fused-ring (bicyclic) bond motifs is 1. The van der Waals surface area contributed by atoms with Gasteiger partial charge in [0.2, 0.25) is 5.60 Å². The highest BCUT2D eigenvalue weighted by Crippen LogP contribution is 2.35. The van der Waals surface area contributed by atoms with Gasteiger partial charge in [-0.25, -0.2) is 15.0 Å². The van der Waals surface area contributed by atoms with Crippen LogP contribution >= 0.6 is 0 Å². The van der Waals surface area contributed by atoms with Crippen LogP contribution in [0.4, 0.5) is 5.82 Å². The van der Waals surface area contributed by atoms with Gasteiger partial charge < -0.3 is 20.3 Å². The molecule has 9 nitrogen and oxygen atoms in total. The molecular formula is C21H17BN6O3. The number of amides is 1. The highest BCUT2D eigenvalue weighted by Gasteiger charge is 2.48.